The van der Waals surface area contributed by atoms with Gasteiger partial charge in [0.1, 0.15) is 0 Å². The van der Waals surface area contributed by atoms with Crippen LogP contribution in [-0.2, 0) is 10.2 Å². The molecule has 0 unspecified atom stereocenters. The van der Waals surface area contributed by atoms with Crippen molar-refractivity contribution in [1.29, 1.82) is 0 Å². The Morgan fingerprint density at radius 2 is 1.91 bits per heavy atom. The van der Waals surface area contributed by atoms with E-state index < -0.39 is 0 Å². The predicted molar refractivity (Wildman–Crippen MR) is 89.4 cm³/mol. The molecule has 0 N–H and O–H groups in total. The number of benzene rings is 1. The first-order valence-corrected chi connectivity index (χ1v) is 9.03. The van der Waals surface area contributed by atoms with Crippen molar-refractivity contribution in [1.82, 2.24) is 4.90 Å². The number of carbonyl (C=O) groups is 1. The van der Waals surface area contributed by atoms with Gasteiger partial charge in [0.05, 0.1) is 5.54 Å². The quantitative estimate of drug-likeness (QED) is 0.588. The summed E-state index contributed by atoms with van der Waals surface area (Å²) in [4.78, 5) is 17.0. The van der Waals surface area contributed by atoms with Crippen LogP contribution in [0.25, 0.3) is 0 Å². The van der Waals surface area contributed by atoms with E-state index in [2.05, 4.69) is 46.2 Å². The van der Waals surface area contributed by atoms with E-state index in [-0.39, 0.29) is 11.0 Å². The number of para-hydroxylation sites is 1. The zero-order valence-electron chi connectivity index (χ0n) is 13.4. The molecule has 3 saturated carbocycles. The van der Waals surface area contributed by atoms with Crippen LogP contribution in [0.15, 0.2) is 36.4 Å². The average molecular weight is 306 g/mol. The van der Waals surface area contributed by atoms with Crippen molar-refractivity contribution >= 4 is 12.1 Å². The number of hydrogen-bond acceptors (Lipinski definition) is 2. The van der Waals surface area contributed by atoms with Gasteiger partial charge >= 0.3 is 0 Å². The van der Waals surface area contributed by atoms with Crippen molar-refractivity contribution in [3.05, 3.63) is 42.0 Å². The van der Waals surface area contributed by atoms with Crippen LogP contribution in [-0.4, -0.2) is 36.0 Å². The van der Waals surface area contributed by atoms with Crippen LogP contribution in [0.5, 0.6) is 0 Å². The number of fused-ring (bicyclic) bond motifs is 3. The highest BCUT2D eigenvalue weighted by atomic mass is 16.1. The molecule has 6 aliphatic rings. The molecule has 1 aromatic rings. The standard InChI is InChI=1S/C20H22N2O/c23-14-22-16-5-2-1-4-15(16)20-11-13-21-12-3-6-18(17(20)21)7-9-19(20,22)10-8-18/h1-6,14,17H,7-13H2/t17-,18?,19?,20+/m0/s1. The Bertz CT molecular complexity index is 746. The number of anilines is 1. The summed E-state index contributed by atoms with van der Waals surface area (Å²) in [6.07, 6.45) is 12.1. The first-order valence-electron chi connectivity index (χ1n) is 9.03. The van der Waals surface area contributed by atoms with Gasteiger partial charge in [0.25, 0.3) is 0 Å². The maximum Gasteiger partial charge on any atom is 0.214 e. The molecule has 1 aromatic carbocycles. The van der Waals surface area contributed by atoms with Gasteiger partial charge in [0.15, 0.2) is 0 Å². The number of carbonyl (C=O) groups excluding carboxylic acids is 1. The van der Waals surface area contributed by atoms with Crippen LogP contribution in [0.2, 0.25) is 0 Å². The predicted octanol–water partition coefficient (Wildman–Crippen LogP) is 2.86. The van der Waals surface area contributed by atoms with E-state index >= 15 is 0 Å². The van der Waals surface area contributed by atoms with Gasteiger partial charge in [-0.25, -0.2) is 0 Å². The summed E-state index contributed by atoms with van der Waals surface area (Å²) >= 11 is 0. The van der Waals surface area contributed by atoms with Crippen LogP contribution >= 0.6 is 0 Å². The van der Waals surface area contributed by atoms with Crippen LogP contribution < -0.4 is 4.90 Å². The molecule has 23 heavy (non-hydrogen) atoms. The van der Waals surface area contributed by atoms with Crippen molar-refractivity contribution in [2.24, 2.45) is 5.41 Å². The van der Waals surface area contributed by atoms with Crippen LogP contribution in [0.1, 0.15) is 37.7 Å². The lowest BCUT2D eigenvalue weighted by Gasteiger charge is -2.66. The molecule has 3 heterocycles. The monoisotopic (exact) mass is 306 g/mol. The molecule has 0 radical (unpaired) electrons. The minimum Gasteiger partial charge on any atom is -0.308 e. The van der Waals surface area contributed by atoms with Gasteiger partial charge in [-0.3, -0.25) is 9.69 Å². The molecule has 3 heteroatoms. The minimum atomic E-state index is 0.0325. The molecule has 3 aliphatic heterocycles. The minimum absolute atomic E-state index is 0.0325. The summed E-state index contributed by atoms with van der Waals surface area (Å²) in [5, 5.41) is 0. The van der Waals surface area contributed by atoms with E-state index in [1.54, 1.807) is 0 Å². The van der Waals surface area contributed by atoms with Crippen molar-refractivity contribution in [2.45, 2.75) is 49.1 Å². The van der Waals surface area contributed by atoms with E-state index in [9.17, 15) is 4.79 Å². The van der Waals surface area contributed by atoms with Crippen LogP contribution in [0.3, 0.4) is 0 Å². The molecule has 2 bridgehead atoms. The average Bonchev–Trinajstić information content (AvgIpc) is 3.12. The molecule has 3 nitrogen and oxygen atoms in total. The highest BCUT2D eigenvalue weighted by Crippen LogP contribution is 2.73. The number of hydrogen-bond donors (Lipinski definition) is 0. The van der Waals surface area contributed by atoms with E-state index in [1.165, 1.54) is 37.1 Å². The fraction of sp³-hybridized carbons (Fsp3) is 0.550. The zero-order chi connectivity index (χ0) is 15.3. The maximum absolute atomic E-state index is 12.1. The molecule has 3 aliphatic carbocycles. The Morgan fingerprint density at radius 3 is 2.74 bits per heavy atom. The van der Waals surface area contributed by atoms with Crippen molar-refractivity contribution < 1.29 is 4.79 Å². The van der Waals surface area contributed by atoms with Gasteiger partial charge in [0, 0.05) is 29.1 Å². The molecular formula is C20H22N2O. The van der Waals surface area contributed by atoms with E-state index in [4.69, 9.17) is 0 Å². The second-order valence-electron chi connectivity index (χ2n) is 8.28. The van der Waals surface area contributed by atoms with Crippen LogP contribution in [0.4, 0.5) is 5.69 Å². The molecule has 1 saturated heterocycles. The third kappa shape index (κ3) is 1.09. The van der Waals surface area contributed by atoms with Crippen molar-refractivity contribution in [2.75, 3.05) is 18.0 Å². The molecule has 4 fully saturated rings. The topological polar surface area (TPSA) is 23.6 Å². The highest BCUT2D eigenvalue weighted by Gasteiger charge is 2.76. The highest BCUT2D eigenvalue weighted by molar-refractivity contribution is 5.86. The lowest BCUT2D eigenvalue weighted by molar-refractivity contribution is -0.112. The first kappa shape index (κ1) is 12.8. The Kier molecular flexibility index (Phi) is 2.07. The number of nitrogens with zero attached hydrogens (tertiary/aromatic N) is 2. The number of amides is 1. The third-order valence-corrected chi connectivity index (χ3v) is 8.01. The van der Waals surface area contributed by atoms with Crippen molar-refractivity contribution in [3.8, 4) is 0 Å². The van der Waals surface area contributed by atoms with E-state index in [1.807, 2.05) is 0 Å². The summed E-state index contributed by atoms with van der Waals surface area (Å²) in [6, 6.07) is 9.35. The van der Waals surface area contributed by atoms with Crippen LogP contribution in [0, 0.1) is 5.41 Å². The van der Waals surface area contributed by atoms with Gasteiger partial charge in [-0.2, -0.15) is 0 Å². The van der Waals surface area contributed by atoms with E-state index in [0.717, 1.165) is 25.8 Å². The zero-order valence-corrected chi connectivity index (χ0v) is 13.4. The molecule has 118 valence electrons. The largest absolute Gasteiger partial charge is 0.308 e. The van der Waals surface area contributed by atoms with Gasteiger partial charge in [-0.05, 0) is 50.3 Å². The Labute approximate surface area is 137 Å². The summed E-state index contributed by atoms with van der Waals surface area (Å²) in [7, 11) is 0. The maximum atomic E-state index is 12.1. The molecule has 0 aromatic heterocycles. The lowest BCUT2D eigenvalue weighted by Crippen LogP contribution is -2.73. The molecular weight excluding hydrogens is 284 g/mol. The van der Waals surface area contributed by atoms with Gasteiger partial charge < -0.3 is 4.90 Å². The van der Waals surface area contributed by atoms with Gasteiger partial charge in [0.2, 0.25) is 6.41 Å². The summed E-state index contributed by atoms with van der Waals surface area (Å²) in [5.74, 6) is 0. The van der Waals surface area contributed by atoms with Gasteiger partial charge in [-0.15, -0.1) is 0 Å². The summed E-state index contributed by atoms with van der Waals surface area (Å²) in [6.45, 7) is 2.27. The lowest BCUT2D eigenvalue weighted by atomic mass is 9.42. The van der Waals surface area contributed by atoms with E-state index in [0.29, 0.717) is 11.5 Å². The molecule has 1 amide bonds. The normalized spacial score (nSPS) is 45.7. The van der Waals surface area contributed by atoms with Gasteiger partial charge in [-0.1, -0.05) is 30.4 Å². The molecule has 3 spiro atoms. The fourth-order valence-corrected chi connectivity index (χ4v) is 7.40. The fourth-order valence-electron chi connectivity index (χ4n) is 7.40. The second kappa shape index (κ2) is 3.72. The Hall–Kier alpha value is -1.61. The SMILES string of the molecule is O=CN1c2ccccc2[C@@]23CCN4CC=CC5(CCC12CC5)[C@H]43. The second-order valence-corrected chi connectivity index (χ2v) is 8.28. The molecule has 7 rings (SSSR count). The number of rotatable bonds is 1. The van der Waals surface area contributed by atoms with Crippen molar-refractivity contribution in [3.63, 3.8) is 0 Å². The summed E-state index contributed by atoms with van der Waals surface area (Å²) in [5.41, 5.74) is 3.19. The Morgan fingerprint density at radius 1 is 1.09 bits per heavy atom. The summed E-state index contributed by atoms with van der Waals surface area (Å²) < 4.78 is 0. The molecule has 2 atom stereocenters. The Balaban J connectivity index is 1.71. The smallest absolute Gasteiger partial charge is 0.214 e. The third-order valence-electron chi connectivity index (χ3n) is 8.01. The first-order chi connectivity index (χ1) is 11.3.